The minimum Gasteiger partial charge on any atom is -0.478 e. The summed E-state index contributed by atoms with van der Waals surface area (Å²) in [6.07, 6.45) is 0.840. The summed E-state index contributed by atoms with van der Waals surface area (Å²) in [5, 5.41) is 12.5. The van der Waals surface area contributed by atoms with Crippen LogP contribution in [-0.4, -0.2) is 17.1 Å². The molecule has 3 nitrogen and oxygen atoms in total. The Balaban J connectivity index is 2.13. The maximum atomic E-state index is 11.2. The molecular formula is C16H16BrNO2. The normalized spacial score (nSPS) is 11.9. The summed E-state index contributed by atoms with van der Waals surface area (Å²) in [6, 6.07) is 15.4. The van der Waals surface area contributed by atoms with Crippen LogP contribution in [0.3, 0.4) is 0 Å². The minimum absolute atomic E-state index is 0.143. The molecule has 0 aliphatic rings. The number of halogens is 1. The van der Waals surface area contributed by atoms with Crippen molar-refractivity contribution in [1.82, 2.24) is 0 Å². The van der Waals surface area contributed by atoms with Crippen molar-refractivity contribution >= 4 is 27.6 Å². The van der Waals surface area contributed by atoms with Crippen molar-refractivity contribution < 1.29 is 9.90 Å². The zero-order valence-electron chi connectivity index (χ0n) is 11.1. The fraction of sp³-hybridized carbons (Fsp3) is 0.188. The van der Waals surface area contributed by atoms with Crippen LogP contribution in [0, 0.1) is 0 Å². The lowest BCUT2D eigenvalue weighted by Crippen LogP contribution is -2.19. The van der Waals surface area contributed by atoms with Crippen molar-refractivity contribution in [3.05, 3.63) is 64.1 Å². The Morgan fingerprint density at radius 2 is 1.95 bits per heavy atom. The molecule has 0 saturated carbocycles. The Morgan fingerprint density at radius 1 is 1.25 bits per heavy atom. The molecule has 0 saturated heterocycles. The fourth-order valence-electron chi connectivity index (χ4n) is 2.11. The van der Waals surface area contributed by atoms with Crippen LogP contribution in [0.25, 0.3) is 0 Å². The van der Waals surface area contributed by atoms with Crippen molar-refractivity contribution in [3.63, 3.8) is 0 Å². The third-order valence-corrected chi connectivity index (χ3v) is 3.49. The number of nitrogens with one attached hydrogen (secondary N) is 1. The molecule has 2 rings (SSSR count). The molecule has 20 heavy (non-hydrogen) atoms. The molecule has 104 valence electrons. The number of aromatic carboxylic acids is 1. The number of hydrogen-bond donors (Lipinski definition) is 2. The van der Waals surface area contributed by atoms with Gasteiger partial charge in [-0.05, 0) is 37.1 Å². The second kappa shape index (κ2) is 6.57. The van der Waals surface area contributed by atoms with Crippen LogP contribution in [0.4, 0.5) is 5.69 Å². The van der Waals surface area contributed by atoms with E-state index in [-0.39, 0.29) is 11.6 Å². The van der Waals surface area contributed by atoms with Crippen molar-refractivity contribution in [2.24, 2.45) is 0 Å². The van der Waals surface area contributed by atoms with Crippen molar-refractivity contribution in [3.8, 4) is 0 Å². The molecule has 4 heteroatoms. The number of carboxylic acids is 1. The van der Waals surface area contributed by atoms with Crippen LogP contribution >= 0.6 is 15.9 Å². The van der Waals surface area contributed by atoms with E-state index < -0.39 is 5.97 Å². The van der Waals surface area contributed by atoms with Crippen LogP contribution in [0.15, 0.2) is 53.0 Å². The van der Waals surface area contributed by atoms with Gasteiger partial charge in [0.2, 0.25) is 0 Å². The topological polar surface area (TPSA) is 49.3 Å². The highest BCUT2D eigenvalue weighted by Crippen LogP contribution is 2.23. The van der Waals surface area contributed by atoms with Gasteiger partial charge in [0.15, 0.2) is 0 Å². The number of carboxylic acid groups (broad SMARTS) is 1. The first-order chi connectivity index (χ1) is 9.56. The molecule has 0 radical (unpaired) electrons. The predicted molar refractivity (Wildman–Crippen MR) is 84.3 cm³/mol. The highest BCUT2D eigenvalue weighted by atomic mass is 79.9. The smallest absolute Gasteiger partial charge is 0.337 e. The second-order valence-electron chi connectivity index (χ2n) is 4.73. The quantitative estimate of drug-likeness (QED) is 0.862. The average molecular weight is 334 g/mol. The van der Waals surface area contributed by atoms with E-state index in [0.717, 1.165) is 10.9 Å². The standard InChI is InChI=1S/C16H16BrNO2/c1-11(9-12-5-3-2-4-6-12)18-15-10-13(17)7-8-14(15)16(19)20/h2-8,10-11,18H,9H2,1H3,(H,19,20). The molecule has 0 bridgehead atoms. The SMILES string of the molecule is CC(Cc1ccccc1)Nc1cc(Br)ccc1C(=O)O. The average Bonchev–Trinajstić information content (AvgIpc) is 2.39. The van der Waals surface area contributed by atoms with E-state index in [1.807, 2.05) is 25.1 Å². The van der Waals surface area contributed by atoms with Crippen LogP contribution in [0.2, 0.25) is 0 Å². The Labute approximate surface area is 126 Å². The largest absolute Gasteiger partial charge is 0.478 e. The van der Waals surface area contributed by atoms with E-state index in [2.05, 4.69) is 33.4 Å². The molecule has 0 spiro atoms. The van der Waals surface area contributed by atoms with E-state index in [4.69, 9.17) is 0 Å². The van der Waals surface area contributed by atoms with Crippen LogP contribution in [0.5, 0.6) is 0 Å². The lowest BCUT2D eigenvalue weighted by molar-refractivity contribution is 0.0698. The fourth-order valence-corrected chi connectivity index (χ4v) is 2.47. The van der Waals surface area contributed by atoms with Gasteiger partial charge in [0.25, 0.3) is 0 Å². The van der Waals surface area contributed by atoms with Gasteiger partial charge in [0.05, 0.1) is 11.3 Å². The Hall–Kier alpha value is -1.81. The number of benzene rings is 2. The molecule has 2 aromatic carbocycles. The number of anilines is 1. The number of hydrogen-bond acceptors (Lipinski definition) is 2. The summed E-state index contributed by atoms with van der Waals surface area (Å²) >= 11 is 3.37. The van der Waals surface area contributed by atoms with Crippen molar-refractivity contribution in [2.45, 2.75) is 19.4 Å². The van der Waals surface area contributed by atoms with Gasteiger partial charge < -0.3 is 10.4 Å². The maximum Gasteiger partial charge on any atom is 0.337 e. The maximum absolute atomic E-state index is 11.2. The van der Waals surface area contributed by atoms with Crippen LogP contribution in [0.1, 0.15) is 22.8 Å². The molecule has 0 fully saturated rings. The van der Waals surface area contributed by atoms with E-state index in [0.29, 0.717) is 5.69 Å². The predicted octanol–water partition coefficient (Wildman–Crippen LogP) is 4.19. The summed E-state index contributed by atoms with van der Waals surface area (Å²) in [5.41, 5.74) is 2.14. The number of rotatable bonds is 5. The van der Waals surface area contributed by atoms with Crippen molar-refractivity contribution in [1.29, 1.82) is 0 Å². The van der Waals surface area contributed by atoms with E-state index in [9.17, 15) is 9.90 Å². The Bertz CT molecular complexity index is 599. The summed E-state index contributed by atoms with van der Waals surface area (Å²) < 4.78 is 0.858. The van der Waals surface area contributed by atoms with Gasteiger partial charge in [0, 0.05) is 10.5 Å². The molecule has 0 aliphatic carbocycles. The first kappa shape index (κ1) is 14.6. The van der Waals surface area contributed by atoms with Gasteiger partial charge in [-0.15, -0.1) is 0 Å². The molecule has 0 aliphatic heterocycles. The molecule has 2 aromatic rings. The molecule has 1 unspecified atom stereocenters. The van der Waals surface area contributed by atoms with E-state index in [1.165, 1.54) is 5.56 Å². The van der Waals surface area contributed by atoms with Gasteiger partial charge in [0.1, 0.15) is 0 Å². The van der Waals surface area contributed by atoms with Crippen LogP contribution < -0.4 is 5.32 Å². The van der Waals surface area contributed by atoms with Gasteiger partial charge in [-0.3, -0.25) is 0 Å². The summed E-state index contributed by atoms with van der Waals surface area (Å²) in [6.45, 7) is 2.04. The Kier molecular flexibility index (Phi) is 4.79. The summed E-state index contributed by atoms with van der Waals surface area (Å²) in [5.74, 6) is -0.924. The molecule has 1 atom stereocenters. The minimum atomic E-state index is -0.924. The first-order valence-corrected chi connectivity index (χ1v) is 7.19. The van der Waals surface area contributed by atoms with E-state index in [1.54, 1.807) is 18.2 Å². The Morgan fingerprint density at radius 3 is 2.60 bits per heavy atom. The van der Waals surface area contributed by atoms with Gasteiger partial charge in [-0.25, -0.2) is 4.79 Å². The second-order valence-corrected chi connectivity index (χ2v) is 5.65. The molecule has 2 N–H and O–H groups in total. The number of carbonyl (C=O) groups is 1. The molecular weight excluding hydrogens is 318 g/mol. The van der Waals surface area contributed by atoms with Crippen molar-refractivity contribution in [2.75, 3.05) is 5.32 Å². The van der Waals surface area contributed by atoms with E-state index >= 15 is 0 Å². The highest BCUT2D eigenvalue weighted by Gasteiger charge is 2.12. The molecule has 0 amide bonds. The monoisotopic (exact) mass is 333 g/mol. The molecule has 0 aromatic heterocycles. The molecule has 0 heterocycles. The third-order valence-electron chi connectivity index (χ3n) is 3.00. The first-order valence-electron chi connectivity index (χ1n) is 6.39. The summed E-state index contributed by atoms with van der Waals surface area (Å²) in [4.78, 5) is 11.2. The third kappa shape index (κ3) is 3.84. The van der Waals surface area contributed by atoms with Gasteiger partial charge >= 0.3 is 5.97 Å². The lowest BCUT2D eigenvalue weighted by Gasteiger charge is -2.17. The van der Waals surface area contributed by atoms with Crippen LogP contribution in [-0.2, 0) is 6.42 Å². The highest BCUT2D eigenvalue weighted by molar-refractivity contribution is 9.10. The van der Waals surface area contributed by atoms with Gasteiger partial charge in [-0.2, -0.15) is 0 Å². The zero-order valence-corrected chi connectivity index (χ0v) is 12.7. The zero-order chi connectivity index (χ0) is 14.5. The summed E-state index contributed by atoms with van der Waals surface area (Å²) in [7, 11) is 0. The van der Waals surface area contributed by atoms with Gasteiger partial charge in [-0.1, -0.05) is 46.3 Å². The lowest BCUT2D eigenvalue weighted by atomic mass is 10.1.